The summed E-state index contributed by atoms with van der Waals surface area (Å²) in [4.78, 5) is 13.7. The molecule has 2 rings (SSSR count). The van der Waals surface area contributed by atoms with Crippen LogP contribution in [0.1, 0.15) is 13.3 Å². The first-order valence-electron chi connectivity index (χ1n) is 5.91. The fourth-order valence-electron chi connectivity index (χ4n) is 1.42. The first-order valence-corrected chi connectivity index (χ1v) is 6.79. The first-order chi connectivity index (χ1) is 9.15. The third-order valence-corrected chi connectivity index (χ3v) is 3.23. The Bertz CT molecular complexity index is 523. The zero-order valence-electron chi connectivity index (χ0n) is 10.5. The number of amides is 1. The van der Waals surface area contributed by atoms with Gasteiger partial charge in [0.15, 0.2) is 0 Å². The molecule has 102 valence electrons. The number of nitrogens with zero attached hydrogens (tertiary/aromatic N) is 4. The highest BCUT2D eigenvalue weighted by Gasteiger charge is 2.09. The second kappa shape index (κ2) is 6.39. The molecule has 0 aliphatic carbocycles. The molecule has 1 amide bonds. The van der Waals surface area contributed by atoms with E-state index < -0.39 is 6.10 Å². The van der Waals surface area contributed by atoms with Crippen LogP contribution in [-0.4, -0.2) is 43.9 Å². The van der Waals surface area contributed by atoms with Gasteiger partial charge in [-0.25, -0.2) is 0 Å². The van der Waals surface area contributed by atoms with Gasteiger partial charge in [-0.2, -0.15) is 4.80 Å². The van der Waals surface area contributed by atoms with Gasteiger partial charge in [0.1, 0.15) is 6.54 Å². The fraction of sp³-hybridized carbons (Fsp3) is 0.455. The summed E-state index contributed by atoms with van der Waals surface area (Å²) in [6.45, 7) is 2.14. The SMILES string of the molecule is CC(O)CCNC(=O)Cn1nnc(-c2cccs2)n1. The van der Waals surface area contributed by atoms with Crippen molar-refractivity contribution in [3.05, 3.63) is 17.5 Å². The maximum atomic E-state index is 11.6. The molecule has 2 heterocycles. The van der Waals surface area contributed by atoms with Gasteiger partial charge < -0.3 is 10.4 Å². The number of aromatic nitrogens is 4. The van der Waals surface area contributed by atoms with Crippen molar-refractivity contribution in [1.82, 2.24) is 25.5 Å². The summed E-state index contributed by atoms with van der Waals surface area (Å²) in [6, 6.07) is 3.80. The van der Waals surface area contributed by atoms with E-state index in [9.17, 15) is 4.79 Å². The quantitative estimate of drug-likeness (QED) is 0.794. The van der Waals surface area contributed by atoms with Crippen LogP contribution >= 0.6 is 11.3 Å². The van der Waals surface area contributed by atoms with Gasteiger partial charge >= 0.3 is 0 Å². The van der Waals surface area contributed by atoms with Crippen molar-refractivity contribution >= 4 is 17.2 Å². The lowest BCUT2D eigenvalue weighted by molar-refractivity contribution is -0.122. The zero-order valence-corrected chi connectivity index (χ0v) is 11.3. The second-order valence-corrected chi connectivity index (χ2v) is 5.06. The molecule has 0 spiro atoms. The van der Waals surface area contributed by atoms with Crippen LogP contribution in [0, 0.1) is 0 Å². The smallest absolute Gasteiger partial charge is 0.243 e. The standard InChI is InChI=1S/C11H15N5O2S/c1-8(17)4-5-12-10(18)7-16-14-11(13-15-16)9-3-2-6-19-9/h2-3,6,8,17H,4-5,7H2,1H3,(H,12,18). The zero-order chi connectivity index (χ0) is 13.7. The van der Waals surface area contributed by atoms with Crippen LogP contribution in [0.4, 0.5) is 0 Å². The van der Waals surface area contributed by atoms with Crippen molar-refractivity contribution in [2.45, 2.75) is 26.0 Å². The van der Waals surface area contributed by atoms with Gasteiger partial charge in [0, 0.05) is 6.54 Å². The predicted molar refractivity (Wildman–Crippen MR) is 70.4 cm³/mol. The Morgan fingerprint density at radius 2 is 2.47 bits per heavy atom. The highest BCUT2D eigenvalue weighted by Crippen LogP contribution is 2.19. The molecule has 0 bridgehead atoms. The van der Waals surface area contributed by atoms with E-state index in [1.807, 2.05) is 17.5 Å². The number of nitrogens with one attached hydrogen (secondary N) is 1. The van der Waals surface area contributed by atoms with Crippen molar-refractivity contribution in [3.63, 3.8) is 0 Å². The van der Waals surface area contributed by atoms with E-state index in [4.69, 9.17) is 5.11 Å². The Kier molecular flexibility index (Phi) is 4.58. The Morgan fingerprint density at radius 3 is 3.16 bits per heavy atom. The molecule has 1 atom stereocenters. The number of thiophene rings is 1. The van der Waals surface area contributed by atoms with E-state index in [0.29, 0.717) is 18.8 Å². The minimum Gasteiger partial charge on any atom is -0.393 e. The van der Waals surface area contributed by atoms with Crippen LogP contribution in [-0.2, 0) is 11.3 Å². The number of carbonyl (C=O) groups excluding carboxylic acids is 1. The van der Waals surface area contributed by atoms with Crippen molar-refractivity contribution < 1.29 is 9.90 Å². The second-order valence-electron chi connectivity index (χ2n) is 4.11. The van der Waals surface area contributed by atoms with Gasteiger partial charge in [-0.15, -0.1) is 21.5 Å². The third kappa shape index (κ3) is 4.11. The van der Waals surface area contributed by atoms with Gasteiger partial charge in [0.2, 0.25) is 11.7 Å². The minimum atomic E-state index is -0.421. The summed E-state index contributed by atoms with van der Waals surface area (Å²) in [5.74, 6) is 0.322. The highest BCUT2D eigenvalue weighted by atomic mass is 32.1. The Hall–Kier alpha value is -1.80. The van der Waals surface area contributed by atoms with Crippen molar-refractivity contribution in [1.29, 1.82) is 0 Å². The van der Waals surface area contributed by atoms with Crippen LogP contribution < -0.4 is 5.32 Å². The summed E-state index contributed by atoms with van der Waals surface area (Å²) in [6.07, 6.45) is 0.104. The number of aliphatic hydroxyl groups is 1. The topological polar surface area (TPSA) is 92.9 Å². The number of rotatable bonds is 6. The summed E-state index contributed by atoms with van der Waals surface area (Å²) < 4.78 is 0. The van der Waals surface area contributed by atoms with Crippen molar-refractivity contribution in [3.8, 4) is 10.7 Å². The van der Waals surface area contributed by atoms with Crippen LogP contribution in [0.3, 0.4) is 0 Å². The normalized spacial score (nSPS) is 12.3. The molecule has 0 aromatic carbocycles. The van der Waals surface area contributed by atoms with Crippen LogP contribution in [0.15, 0.2) is 17.5 Å². The number of tetrazole rings is 1. The number of hydrogen-bond donors (Lipinski definition) is 2. The molecule has 0 radical (unpaired) electrons. The molecule has 0 aliphatic heterocycles. The van der Waals surface area contributed by atoms with Gasteiger partial charge in [-0.3, -0.25) is 4.79 Å². The fourth-order valence-corrected chi connectivity index (χ4v) is 2.07. The summed E-state index contributed by atoms with van der Waals surface area (Å²) in [5.41, 5.74) is 0. The molecule has 0 saturated carbocycles. The van der Waals surface area contributed by atoms with Crippen LogP contribution in [0.5, 0.6) is 0 Å². The third-order valence-electron chi connectivity index (χ3n) is 2.36. The molecule has 0 saturated heterocycles. The minimum absolute atomic E-state index is 0.0260. The van der Waals surface area contributed by atoms with E-state index >= 15 is 0 Å². The lowest BCUT2D eigenvalue weighted by Gasteiger charge is -2.05. The summed E-state index contributed by atoms with van der Waals surface area (Å²) in [5, 5.41) is 25.5. The van der Waals surface area contributed by atoms with Crippen molar-refractivity contribution in [2.24, 2.45) is 0 Å². The van der Waals surface area contributed by atoms with E-state index in [0.717, 1.165) is 4.88 Å². The Morgan fingerprint density at radius 1 is 1.63 bits per heavy atom. The molecule has 2 aromatic heterocycles. The molecule has 19 heavy (non-hydrogen) atoms. The van der Waals surface area contributed by atoms with Crippen molar-refractivity contribution in [2.75, 3.05) is 6.54 Å². The largest absolute Gasteiger partial charge is 0.393 e. The first kappa shape index (κ1) is 13.6. The van der Waals surface area contributed by atoms with E-state index in [1.165, 1.54) is 16.1 Å². The van der Waals surface area contributed by atoms with E-state index in [1.54, 1.807) is 6.92 Å². The average molecular weight is 281 g/mol. The molecular formula is C11H15N5O2S. The van der Waals surface area contributed by atoms with E-state index in [-0.39, 0.29) is 12.5 Å². The molecule has 8 heteroatoms. The Labute approximate surface area is 114 Å². The van der Waals surface area contributed by atoms with Crippen LogP contribution in [0.25, 0.3) is 10.7 Å². The lowest BCUT2D eigenvalue weighted by Crippen LogP contribution is -2.30. The Balaban J connectivity index is 1.84. The predicted octanol–water partition coefficient (Wildman–Crippen LogP) is 0.289. The molecule has 1 unspecified atom stereocenters. The number of hydrogen-bond acceptors (Lipinski definition) is 6. The maximum Gasteiger partial charge on any atom is 0.243 e. The van der Waals surface area contributed by atoms with Gasteiger partial charge in [-0.05, 0) is 30.0 Å². The molecule has 0 fully saturated rings. The molecular weight excluding hydrogens is 266 g/mol. The lowest BCUT2D eigenvalue weighted by atomic mass is 10.3. The summed E-state index contributed by atoms with van der Waals surface area (Å²) in [7, 11) is 0. The van der Waals surface area contributed by atoms with Crippen LogP contribution in [0.2, 0.25) is 0 Å². The van der Waals surface area contributed by atoms with Gasteiger partial charge in [-0.1, -0.05) is 6.07 Å². The number of aliphatic hydroxyl groups excluding tert-OH is 1. The monoisotopic (exact) mass is 281 g/mol. The average Bonchev–Trinajstić information content (AvgIpc) is 2.97. The van der Waals surface area contributed by atoms with E-state index in [2.05, 4.69) is 20.7 Å². The molecule has 7 nitrogen and oxygen atoms in total. The molecule has 0 aliphatic rings. The summed E-state index contributed by atoms with van der Waals surface area (Å²) >= 11 is 1.52. The molecule has 2 aromatic rings. The van der Waals surface area contributed by atoms with Gasteiger partial charge in [0.05, 0.1) is 11.0 Å². The van der Waals surface area contributed by atoms with Gasteiger partial charge in [0.25, 0.3) is 0 Å². The maximum absolute atomic E-state index is 11.6. The highest BCUT2D eigenvalue weighted by molar-refractivity contribution is 7.13. The number of carbonyl (C=O) groups is 1. The molecule has 2 N–H and O–H groups in total.